The molecule has 30 heavy (non-hydrogen) atoms. The van der Waals surface area contributed by atoms with Crippen molar-refractivity contribution in [3.63, 3.8) is 0 Å². The molecule has 0 aliphatic carbocycles. The van der Waals surface area contributed by atoms with Gasteiger partial charge in [0.15, 0.2) is 5.82 Å². The summed E-state index contributed by atoms with van der Waals surface area (Å²) in [6.07, 6.45) is 5.87. The molecule has 0 aromatic carbocycles. The van der Waals surface area contributed by atoms with Crippen molar-refractivity contribution in [3.05, 3.63) is 48.1 Å². The number of methoxy groups -OCH3 is 1. The number of imidazole rings is 1. The molecule has 4 rings (SSSR count). The first-order valence-electron chi connectivity index (χ1n) is 9.52. The molecule has 1 N–H and O–H groups in total. The lowest BCUT2D eigenvalue weighted by atomic mass is 10.1. The molecule has 1 saturated heterocycles. The number of rotatable bonds is 5. The lowest BCUT2D eigenvalue weighted by Gasteiger charge is -2.26. The highest BCUT2D eigenvalue weighted by Crippen LogP contribution is 2.30. The number of anilines is 2. The standard InChI is InChI=1S/C20H21FN6O3/c1-12-22-11-17(27(12)14-5-7-30-8-6-14)18-15(21)10-24-20(26-18)25-13-3-4-16(23-9-13)19(28)29-2/h3-4,9-11,14H,5-8H2,1-2H3,(H,24,25,26). The Bertz CT molecular complexity index is 1050. The van der Waals surface area contributed by atoms with Crippen molar-refractivity contribution in [2.75, 3.05) is 25.6 Å². The maximum atomic E-state index is 14.6. The molecule has 1 fully saturated rings. The number of nitrogens with one attached hydrogen (secondary N) is 1. The fourth-order valence-corrected chi connectivity index (χ4v) is 3.46. The molecule has 0 atom stereocenters. The summed E-state index contributed by atoms with van der Waals surface area (Å²) >= 11 is 0. The summed E-state index contributed by atoms with van der Waals surface area (Å²) in [5, 5.41) is 2.98. The minimum atomic E-state index is -0.534. The zero-order valence-corrected chi connectivity index (χ0v) is 16.6. The second-order valence-electron chi connectivity index (χ2n) is 6.84. The van der Waals surface area contributed by atoms with Crippen LogP contribution in [0.15, 0.2) is 30.7 Å². The third-order valence-corrected chi connectivity index (χ3v) is 4.94. The SMILES string of the molecule is COC(=O)c1ccc(Nc2ncc(F)c(-c3cnc(C)n3C3CCOCC3)n2)cn1. The van der Waals surface area contributed by atoms with E-state index in [4.69, 9.17) is 4.74 Å². The van der Waals surface area contributed by atoms with Crippen LogP contribution in [0.2, 0.25) is 0 Å². The second kappa shape index (κ2) is 8.54. The fourth-order valence-electron chi connectivity index (χ4n) is 3.46. The highest BCUT2D eigenvalue weighted by atomic mass is 19.1. The molecule has 0 unspecified atom stereocenters. The number of hydrogen-bond donors (Lipinski definition) is 1. The van der Waals surface area contributed by atoms with Crippen LogP contribution in [-0.2, 0) is 9.47 Å². The van der Waals surface area contributed by atoms with Crippen LogP contribution in [0.1, 0.15) is 35.2 Å². The number of aryl methyl sites for hydroxylation is 1. The van der Waals surface area contributed by atoms with Crippen LogP contribution in [0.25, 0.3) is 11.4 Å². The quantitative estimate of drug-likeness (QED) is 0.638. The molecule has 0 saturated carbocycles. The number of carbonyl (C=O) groups excluding carboxylic acids is 1. The fraction of sp³-hybridized carbons (Fsp3) is 0.350. The van der Waals surface area contributed by atoms with Crippen molar-refractivity contribution in [2.45, 2.75) is 25.8 Å². The molecule has 0 radical (unpaired) electrons. The van der Waals surface area contributed by atoms with E-state index in [0.717, 1.165) is 24.9 Å². The van der Waals surface area contributed by atoms with Crippen molar-refractivity contribution in [1.29, 1.82) is 0 Å². The largest absolute Gasteiger partial charge is 0.464 e. The highest BCUT2D eigenvalue weighted by Gasteiger charge is 2.23. The summed E-state index contributed by atoms with van der Waals surface area (Å²) in [5.74, 6) is -0.0602. The minimum Gasteiger partial charge on any atom is -0.464 e. The zero-order valence-electron chi connectivity index (χ0n) is 16.6. The lowest BCUT2D eigenvalue weighted by molar-refractivity contribution is 0.0594. The first-order valence-corrected chi connectivity index (χ1v) is 9.52. The van der Waals surface area contributed by atoms with Gasteiger partial charge in [0.05, 0.1) is 37.1 Å². The average Bonchev–Trinajstić information content (AvgIpc) is 3.16. The first-order chi connectivity index (χ1) is 14.6. The van der Waals surface area contributed by atoms with Gasteiger partial charge in [-0.25, -0.2) is 29.1 Å². The molecule has 0 spiro atoms. The van der Waals surface area contributed by atoms with E-state index in [2.05, 4.69) is 30.0 Å². The topological polar surface area (TPSA) is 104 Å². The normalized spacial score (nSPS) is 14.5. The van der Waals surface area contributed by atoms with Gasteiger partial charge >= 0.3 is 5.97 Å². The Labute approximate surface area is 172 Å². The first kappa shape index (κ1) is 19.9. The zero-order chi connectivity index (χ0) is 21.1. The summed E-state index contributed by atoms with van der Waals surface area (Å²) in [5.41, 5.74) is 1.49. The molecule has 9 nitrogen and oxygen atoms in total. The van der Waals surface area contributed by atoms with Gasteiger partial charge in [-0.3, -0.25) is 0 Å². The van der Waals surface area contributed by atoms with Gasteiger partial charge < -0.3 is 19.4 Å². The van der Waals surface area contributed by atoms with Gasteiger partial charge in [0.2, 0.25) is 5.95 Å². The molecule has 156 valence electrons. The van der Waals surface area contributed by atoms with Crippen LogP contribution >= 0.6 is 0 Å². The summed E-state index contributed by atoms with van der Waals surface area (Å²) < 4.78 is 26.7. The highest BCUT2D eigenvalue weighted by molar-refractivity contribution is 5.87. The Balaban J connectivity index is 1.62. The lowest BCUT2D eigenvalue weighted by Crippen LogP contribution is -2.21. The summed E-state index contributed by atoms with van der Waals surface area (Å²) in [6.45, 7) is 3.22. The summed E-state index contributed by atoms with van der Waals surface area (Å²) in [7, 11) is 1.29. The van der Waals surface area contributed by atoms with E-state index >= 15 is 0 Å². The van der Waals surface area contributed by atoms with Gasteiger partial charge in [0, 0.05) is 19.3 Å². The van der Waals surface area contributed by atoms with Crippen molar-refractivity contribution >= 4 is 17.6 Å². The monoisotopic (exact) mass is 412 g/mol. The molecule has 1 aliphatic heterocycles. The van der Waals surface area contributed by atoms with E-state index in [0.29, 0.717) is 24.6 Å². The van der Waals surface area contributed by atoms with Crippen molar-refractivity contribution in [1.82, 2.24) is 24.5 Å². The molecule has 10 heteroatoms. The molecule has 3 aromatic rings. The predicted molar refractivity (Wildman–Crippen MR) is 106 cm³/mol. The Morgan fingerprint density at radius 1 is 1.20 bits per heavy atom. The number of pyridine rings is 1. The van der Waals surface area contributed by atoms with E-state index in [1.807, 2.05) is 11.5 Å². The van der Waals surface area contributed by atoms with E-state index in [9.17, 15) is 9.18 Å². The summed E-state index contributed by atoms with van der Waals surface area (Å²) in [4.78, 5) is 28.3. The molecule has 3 aromatic heterocycles. The molecule has 1 aliphatic rings. The number of halogens is 1. The second-order valence-corrected chi connectivity index (χ2v) is 6.84. The Morgan fingerprint density at radius 3 is 2.70 bits per heavy atom. The van der Waals surface area contributed by atoms with Crippen LogP contribution in [0, 0.1) is 12.7 Å². The van der Waals surface area contributed by atoms with Gasteiger partial charge in [-0.15, -0.1) is 0 Å². The van der Waals surface area contributed by atoms with Crippen LogP contribution < -0.4 is 5.32 Å². The maximum absolute atomic E-state index is 14.6. The number of carbonyl (C=O) groups is 1. The number of hydrogen-bond acceptors (Lipinski definition) is 8. The Morgan fingerprint density at radius 2 is 2.00 bits per heavy atom. The molecule has 0 bridgehead atoms. The van der Waals surface area contributed by atoms with E-state index in [-0.39, 0.29) is 23.4 Å². The molecular formula is C20H21FN6O3. The predicted octanol–water partition coefficient (Wildman–Crippen LogP) is 3.06. The molecule has 4 heterocycles. The van der Waals surface area contributed by atoms with Gasteiger partial charge in [-0.1, -0.05) is 0 Å². The van der Waals surface area contributed by atoms with Crippen molar-refractivity contribution in [3.8, 4) is 11.4 Å². The third kappa shape index (κ3) is 3.99. The van der Waals surface area contributed by atoms with Crippen LogP contribution in [-0.4, -0.2) is 50.8 Å². The van der Waals surface area contributed by atoms with Crippen molar-refractivity contribution < 1.29 is 18.7 Å². The summed E-state index contributed by atoms with van der Waals surface area (Å²) in [6, 6.07) is 3.33. The minimum absolute atomic E-state index is 0.165. The average molecular weight is 412 g/mol. The number of aromatic nitrogens is 5. The third-order valence-electron chi connectivity index (χ3n) is 4.94. The number of nitrogens with zero attached hydrogens (tertiary/aromatic N) is 5. The number of esters is 1. The van der Waals surface area contributed by atoms with Gasteiger partial charge in [0.25, 0.3) is 0 Å². The smallest absolute Gasteiger partial charge is 0.356 e. The maximum Gasteiger partial charge on any atom is 0.356 e. The van der Waals surface area contributed by atoms with Crippen molar-refractivity contribution in [2.24, 2.45) is 0 Å². The Hall–Kier alpha value is -3.40. The number of ether oxygens (including phenoxy) is 2. The van der Waals surface area contributed by atoms with Gasteiger partial charge in [-0.2, -0.15) is 0 Å². The van der Waals surface area contributed by atoms with Crippen LogP contribution in [0.5, 0.6) is 0 Å². The van der Waals surface area contributed by atoms with E-state index in [1.165, 1.54) is 19.4 Å². The van der Waals surface area contributed by atoms with Gasteiger partial charge in [0.1, 0.15) is 17.2 Å². The Kier molecular flexibility index (Phi) is 5.66. The van der Waals surface area contributed by atoms with E-state index < -0.39 is 11.8 Å². The van der Waals surface area contributed by atoms with Crippen LogP contribution in [0.3, 0.4) is 0 Å². The molecule has 0 amide bonds. The molecular weight excluding hydrogens is 391 g/mol. The van der Waals surface area contributed by atoms with Crippen LogP contribution in [0.4, 0.5) is 16.0 Å². The van der Waals surface area contributed by atoms with E-state index in [1.54, 1.807) is 12.3 Å². The van der Waals surface area contributed by atoms with Gasteiger partial charge in [-0.05, 0) is 31.9 Å².